The molecule has 1 aromatic rings. The van der Waals surface area contributed by atoms with Gasteiger partial charge in [0.05, 0.1) is 0 Å². The lowest BCUT2D eigenvalue weighted by molar-refractivity contribution is 0.101. The summed E-state index contributed by atoms with van der Waals surface area (Å²) in [4.78, 5) is 11.1. The molecule has 0 unspecified atom stereocenters. The van der Waals surface area contributed by atoms with Crippen molar-refractivity contribution in [3.8, 4) is 0 Å². The standard InChI is InChI=1S/C11H15NO/c1-7(2)9-4-5-10(8(3)13)11(12)6-9/h4-7H,12H2,1-3H3. The Kier molecular flexibility index (Phi) is 2.71. The van der Waals surface area contributed by atoms with Crippen molar-refractivity contribution >= 4 is 11.5 Å². The van der Waals surface area contributed by atoms with E-state index in [0.717, 1.165) is 0 Å². The number of Topliss-reactive ketones (excluding diaryl/α,β-unsaturated/α-hetero) is 1. The SMILES string of the molecule is CC(=O)c1ccc(C(C)C)cc1N. The van der Waals surface area contributed by atoms with Crippen molar-refractivity contribution in [2.45, 2.75) is 26.7 Å². The van der Waals surface area contributed by atoms with Gasteiger partial charge >= 0.3 is 0 Å². The average Bonchev–Trinajstić information content (AvgIpc) is 2.03. The summed E-state index contributed by atoms with van der Waals surface area (Å²) in [5.41, 5.74) is 8.11. The van der Waals surface area contributed by atoms with E-state index in [1.54, 1.807) is 6.07 Å². The van der Waals surface area contributed by atoms with Gasteiger partial charge in [0.25, 0.3) is 0 Å². The van der Waals surface area contributed by atoms with Gasteiger partial charge in [-0.25, -0.2) is 0 Å². The monoisotopic (exact) mass is 177 g/mol. The first kappa shape index (κ1) is 9.78. The number of ketones is 1. The lowest BCUT2D eigenvalue weighted by Crippen LogP contribution is -2.01. The molecule has 0 fully saturated rings. The van der Waals surface area contributed by atoms with Gasteiger partial charge in [0.2, 0.25) is 0 Å². The number of benzene rings is 1. The highest BCUT2D eigenvalue weighted by Crippen LogP contribution is 2.20. The highest BCUT2D eigenvalue weighted by Gasteiger charge is 2.06. The lowest BCUT2D eigenvalue weighted by Gasteiger charge is -2.08. The fraction of sp³-hybridized carbons (Fsp3) is 0.364. The zero-order valence-corrected chi connectivity index (χ0v) is 8.29. The van der Waals surface area contributed by atoms with E-state index in [1.165, 1.54) is 12.5 Å². The van der Waals surface area contributed by atoms with Gasteiger partial charge in [0.15, 0.2) is 5.78 Å². The van der Waals surface area contributed by atoms with Gasteiger partial charge < -0.3 is 5.73 Å². The summed E-state index contributed by atoms with van der Waals surface area (Å²) >= 11 is 0. The summed E-state index contributed by atoms with van der Waals surface area (Å²) in [5, 5.41) is 0. The summed E-state index contributed by atoms with van der Waals surface area (Å²) in [6.45, 7) is 5.73. The first-order chi connectivity index (χ1) is 6.02. The molecule has 0 saturated heterocycles. The minimum atomic E-state index is 0.0211. The number of anilines is 1. The third-order valence-corrected chi connectivity index (χ3v) is 2.12. The maximum Gasteiger partial charge on any atom is 0.161 e. The number of carbonyl (C=O) groups is 1. The fourth-order valence-corrected chi connectivity index (χ4v) is 1.26. The number of rotatable bonds is 2. The van der Waals surface area contributed by atoms with Crippen LogP contribution in [0.3, 0.4) is 0 Å². The topological polar surface area (TPSA) is 43.1 Å². The van der Waals surface area contributed by atoms with Crippen LogP contribution in [-0.2, 0) is 0 Å². The maximum absolute atomic E-state index is 11.1. The average molecular weight is 177 g/mol. The van der Waals surface area contributed by atoms with Crippen LogP contribution in [0.25, 0.3) is 0 Å². The van der Waals surface area contributed by atoms with Gasteiger partial charge in [-0.05, 0) is 30.5 Å². The van der Waals surface area contributed by atoms with Crippen molar-refractivity contribution < 1.29 is 4.79 Å². The Hall–Kier alpha value is -1.31. The Morgan fingerprint density at radius 3 is 2.38 bits per heavy atom. The van der Waals surface area contributed by atoms with Crippen molar-refractivity contribution in [3.63, 3.8) is 0 Å². The van der Waals surface area contributed by atoms with Crippen molar-refractivity contribution in [3.05, 3.63) is 29.3 Å². The highest BCUT2D eigenvalue weighted by molar-refractivity contribution is 5.99. The van der Waals surface area contributed by atoms with Gasteiger partial charge in [0.1, 0.15) is 0 Å². The molecule has 2 nitrogen and oxygen atoms in total. The molecule has 2 heteroatoms. The largest absolute Gasteiger partial charge is 0.398 e. The van der Waals surface area contributed by atoms with Crippen LogP contribution >= 0.6 is 0 Å². The predicted molar refractivity (Wildman–Crippen MR) is 54.9 cm³/mol. The van der Waals surface area contributed by atoms with E-state index in [9.17, 15) is 4.79 Å². The van der Waals surface area contributed by atoms with Crippen LogP contribution in [0.2, 0.25) is 0 Å². The van der Waals surface area contributed by atoms with Gasteiger partial charge in [-0.1, -0.05) is 19.9 Å². The molecule has 13 heavy (non-hydrogen) atoms. The van der Waals surface area contributed by atoms with Crippen LogP contribution in [0.5, 0.6) is 0 Å². The molecule has 0 radical (unpaired) electrons. The molecule has 0 heterocycles. The molecule has 0 amide bonds. The third kappa shape index (κ3) is 2.08. The van der Waals surface area contributed by atoms with E-state index in [-0.39, 0.29) is 5.78 Å². The summed E-state index contributed by atoms with van der Waals surface area (Å²) in [6.07, 6.45) is 0. The van der Waals surface area contributed by atoms with Crippen molar-refractivity contribution in [2.75, 3.05) is 5.73 Å². The molecule has 2 N–H and O–H groups in total. The zero-order valence-electron chi connectivity index (χ0n) is 8.29. The van der Waals surface area contributed by atoms with Gasteiger partial charge in [-0.15, -0.1) is 0 Å². The second kappa shape index (κ2) is 3.60. The molecule has 0 aliphatic rings. The molecule has 0 atom stereocenters. The van der Waals surface area contributed by atoms with Crippen LogP contribution in [-0.4, -0.2) is 5.78 Å². The number of nitrogen functional groups attached to an aromatic ring is 1. The van der Waals surface area contributed by atoms with Crippen LogP contribution in [0.4, 0.5) is 5.69 Å². The molecule has 0 aliphatic carbocycles. The molecule has 70 valence electrons. The minimum Gasteiger partial charge on any atom is -0.398 e. The van der Waals surface area contributed by atoms with E-state index in [4.69, 9.17) is 5.73 Å². The lowest BCUT2D eigenvalue weighted by atomic mass is 9.99. The van der Waals surface area contributed by atoms with E-state index in [2.05, 4.69) is 13.8 Å². The molecule has 1 rings (SSSR count). The van der Waals surface area contributed by atoms with Crippen LogP contribution in [0, 0.1) is 0 Å². The number of hydrogen-bond acceptors (Lipinski definition) is 2. The Bertz CT molecular complexity index is 329. The normalized spacial score (nSPS) is 10.5. The number of nitrogens with two attached hydrogens (primary N) is 1. The molecule has 0 aromatic heterocycles. The van der Waals surface area contributed by atoms with Crippen molar-refractivity contribution in [2.24, 2.45) is 0 Å². The van der Waals surface area contributed by atoms with Gasteiger partial charge in [-0.2, -0.15) is 0 Å². The van der Waals surface area contributed by atoms with Crippen LogP contribution < -0.4 is 5.73 Å². The first-order valence-corrected chi connectivity index (χ1v) is 4.42. The van der Waals surface area contributed by atoms with Crippen LogP contribution in [0.1, 0.15) is 42.6 Å². The summed E-state index contributed by atoms with van der Waals surface area (Å²) < 4.78 is 0. The van der Waals surface area contributed by atoms with E-state index < -0.39 is 0 Å². The molecule has 0 spiro atoms. The Labute approximate surface area is 78.8 Å². The van der Waals surface area contributed by atoms with Crippen LogP contribution in [0.15, 0.2) is 18.2 Å². The van der Waals surface area contributed by atoms with Gasteiger partial charge in [-0.3, -0.25) is 4.79 Å². The summed E-state index contributed by atoms with van der Waals surface area (Å²) in [6, 6.07) is 5.63. The maximum atomic E-state index is 11.1. The molecule has 0 aliphatic heterocycles. The smallest absolute Gasteiger partial charge is 0.161 e. The Morgan fingerprint density at radius 2 is 2.00 bits per heavy atom. The first-order valence-electron chi connectivity index (χ1n) is 4.42. The zero-order chi connectivity index (χ0) is 10.0. The molecule has 1 aromatic carbocycles. The van der Waals surface area contributed by atoms with E-state index >= 15 is 0 Å². The van der Waals surface area contributed by atoms with E-state index in [0.29, 0.717) is 17.2 Å². The third-order valence-electron chi connectivity index (χ3n) is 2.12. The predicted octanol–water partition coefficient (Wildman–Crippen LogP) is 2.59. The Morgan fingerprint density at radius 1 is 1.38 bits per heavy atom. The highest BCUT2D eigenvalue weighted by atomic mass is 16.1. The second-order valence-corrected chi connectivity index (χ2v) is 3.56. The second-order valence-electron chi connectivity index (χ2n) is 3.56. The number of hydrogen-bond donors (Lipinski definition) is 1. The summed E-state index contributed by atoms with van der Waals surface area (Å²) in [5.74, 6) is 0.469. The fourth-order valence-electron chi connectivity index (χ4n) is 1.26. The molecule has 0 saturated carbocycles. The van der Waals surface area contributed by atoms with Crippen molar-refractivity contribution in [1.82, 2.24) is 0 Å². The van der Waals surface area contributed by atoms with Gasteiger partial charge in [0, 0.05) is 11.3 Å². The summed E-state index contributed by atoms with van der Waals surface area (Å²) in [7, 11) is 0. The Balaban J connectivity index is 3.13. The number of carbonyl (C=O) groups excluding carboxylic acids is 1. The van der Waals surface area contributed by atoms with E-state index in [1.807, 2.05) is 12.1 Å². The molecular formula is C11H15NO. The quantitative estimate of drug-likeness (QED) is 0.557. The minimum absolute atomic E-state index is 0.0211. The molecular weight excluding hydrogens is 162 g/mol. The molecule has 0 bridgehead atoms. The van der Waals surface area contributed by atoms with Crippen molar-refractivity contribution in [1.29, 1.82) is 0 Å².